The number of hydrogen-bond donors (Lipinski definition) is 1. The summed E-state index contributed by atoms with van der Waals surface area (Å²) in [7, 11) is -4.36. The van der Waals surface area contributed by atoms with Crippen LogP contribution in [0.1, 0.15) is 0 Å². The standard InChI is InChI=1S/C10H6Cl2N2O3S/c11-7-2-1-6(3-8(7)12)9-4-10(14-5-13-9)18(15,16)17/h1-5H,(H,15,16,17). The van der Waals surface area contributed by atoms with Crippen LogP contribution in [0.5, 0.6) is 0 Å². The van der Waals surface area contributed by atoms with Crippen LogP contribution < -0.4 is 0 Å². The van der Waals surface area contributed by atoms with Gasteiger partial charge in [0.2, 0.25) is 0 Å². The van der Waals surface area contributed by atoms with Crippen LogP contribution in [0.15, 0.2) is 35.6 Å². The maximum Gasteiger partial charge on any atom is 0.312 e. The van der Waals surface area contributed by atoms with Gasteiger partial charge in [-0.05, 0) is 12.1 Å². The second-order valence-electron chi connectivity index (χ2n) is 3.35. The molecule has 0 aliphatic rings. The summed E-state index contributed by atoms with van der Waals surface area (Å²) >= 11 is 11.6. The summed E-state index contributed by atoms with van der Waals surface area (Å²) in [6, 6.07) is 5.88. The van der Waals surface area contributed by atoms with Crippen molar-refractivity contribution in [1.82, 2.24) is 9.97 Å². The molecule has 1 aromatic carbocycles. The van der Waals surface area contributed by atoms with Crippen LogP contribution in [0.2, 0.25) is 10.0 Å². The maximum atomic E-state index is 11.0. The molecule has 1 N–H and O–H groups in total. The highest BCUT2D eigenvalue weighted by molar-refractivity contribution is 7.85. The largest absolute Gasteiger partial charge is 0.312 e. The molecule has 0 aliphatic heterocycles. The fourth-order valence-corrected chi connectivity index (χ4v) is 2.03. The highest BCUT2D eigenvalue weighted by Gasteiger charge is 2.13. The smallest absolute Gasteiger partial charge is 0.281 e. The van der Waals surface area contributed by atoms with Gasteiger partial charge in [-0.15, -0.1) is 0 Å². The first-order valence-corrected chi connectivity index (χ1v) is 6.82. The lowest BCUT2D eigenvalue weighted by Gasteiger charge is -2.03. The minimum atomic E-state index is -4.36. The average molecular weight is 305 g/mol. The molecule has 0 atom stereocenters. The lowest BCUT2D eigenvalue weighted by Crippen LogP contribution is -2.02. The van der Waals surface area contributed by atoms with E-state index in [1.54, 1.807) is 18.2 Å². The van der Waals surface area contributed by atoms with Gasteiger partial charge in [0.25, 0.3) is 0 Å². The van der Waals surface area contributed by atoms with Gasteiger partial charge in [-0.1, -0.05) is 29.3 Å². The van der Waals surface area contributed by atoms with Crippen LogP contribution in [-0.4, -0.2) is 22.9 Å². The quantitative estimate of drug-likeness (QED) is 0.681. The number of halogens is 2. The van der Waals surface area contributed by atoms with E-state index in [1.165, 1.54) is 0 Å². The van der Waals surface area contributed by atoms with Gasteiger partial charge in [-0.3, -0.25) is 4.55 Å². The van der Waals surface area contributed by atoms with E-state index < -0.39 is 15.1 Å². The van der Waals surface area contributed by atoms with Crippen LogP contribution >= 0.6 is 23.2 Å². The molecule has 0 amide bonds. The Hall–Kier alpha value is -1.21. The van der Waals surface area contributed by atoms with Crippen LogP contribution in [0, 0.1) is 0 Å². The molecule has 0 aliphatic carbocycles. The zero-order chi connectivity index (χ0) is 13.3. The van der Waals surface area contributed by atoms with Gasteiger partial charge in [0, 0.05) is 11.6 Å². The van der Waals surface area contributed by atoms with E-state index in [0.29, 0.717) is 21.3 Å². The van der Waals surface area contributed by atoms with Crippen molar-refractivity contribution in [2.75, 3.05) is 0 Å². The Morgan fingerprint density at radius 1 is 1.06 bits per heavy atom. The van der Waals surface area contributed by atoms with Crippen molar-refractivity contribution in [2.24, 2.45) is 0 Å². The molecule has 0 fully saturated rings. The molecule has 2 rings (SSSR count). The minimum Gasteiger partial charge on any atom is -0.281 e. The number of nitrogens with zero attached hydrogens (tertiary/aromatic N) is 2. The molecule has 0 unspecified atom stereocenters. The summed E-state index contributed by atoms with van der Waals surface area (Å²) in [6.07, 6.45) is 1.04. The monoisotopic (exact) mass is 304 g/mol. The average Bonchev–Trinajstić information content (AvgIpc) is 2.32. The Morgan fingerprint density at radius 3 is 2.39 bits per heavy atom. The van der Waals surface area contributed by atoms with Gasteiger partial charge in [0.05, 0.1) is 15.7 Å². The first-order valence-electron chi connectivity index (χ1n) is 4.63. The van der Waals surface area contributed by atoms with Crippen molar-refractivity contribution < 1.29 is 13.0 Å². The third kappa shape index (κ3) is 2.78. The summed E-state index contributed by atoms with van der Waals surface area (Å²) in [6.45, 7) is 0. The van der Waals surface area contributed by atoms with E-state index >= 15 is 0 Å². The highest BCUT2D eigenvalue weighted by atomic mass is 35.5. The normalized spacial score (nSPS) is 11.5. The summed E-state index contributed by atoms with van der Waals surface area (Å²) < 4.78 is 30.8. The molecule has 94 valence electrons. The predicted molar refractivity (Wildman–Crippen MR) is 67.3 cm³/mol. The summed E-state index contributed by atoms with van der Waals surface area (Å²) in [5.41, 5.74) is 0.882. The summed E-state index contributed by atoms with van der Waals surface area (Å²) in [5, 5.41) is 0.226. The van der Waals surface area contributed by atoms with Gasteiger partial charge in [0.1, 0.15) is 6.33 Å². The van der Waals surface area contributed by atoms with E-state index in [4.69, 9.17) is 27.8 Å². The van der Waals surface area contributed by atoms with E-state index in [1.807, 2.05) is 0 Å². The van der Waals surface area contributed by atoms with Crippen molar-refractivity contribution in [3.63, 3.8) is 0 Å². The molecule has 0 saturated heterocycles. The fourth-order valence-electron chi connectivity index (χ4n) is 1.29. The number of benzene rings is 1. The fraction of sp³-hybridized carbons (Fsp3) is 0. The van der Waals surface area contributed by atoms with Crippen LogP contribution in [0.25, 0.3) is 11.3 Å². The summed E-state index contributed by atoms with van der Waals surface area (Å²) in [4.78, 5) is 7.37. The topological polar surface area (TPSA) is 80.2 Å². The lowest BCUT2D eigenvalue weighted by molar-refractivity contribution is 0.479. The van der Waals surface area contributed by atoms with Gasteiger partial charge >= 0.3 is 10.1 Å². The zero-order valence-electron chi connectivity index (χ0n) is 8.71. The zero-order valence-corrected chi connectivity index (χ0v) is 11.0. The molecule has 1 aromatic heterocycles. The summed E-state index contributed by atoms with van der Waals surface area (Å²) in [5.74, 6) is 0. The molecule has 0 bridgehead atoms. The highest BCUT2D eigenvalue weighted by Crippen LogP contribution is 2.27. The molecule has 0 radical (unpaired) electrons. The molecule has 18 heavy (non-hydrogen) atoms. The first kappa shape index (κ1) is 13.2. The lowest BCUT2D eigenvalue weighted by atomic mass is 10.1. The van der Waals surface area contributed by atoms with Gasteiger partial charge in [-0.25, -0.2) is 9.97 Å². The molecule has 0 spiro atoms. The van der Waals surface area contributed by atoms with Gasteiger partial charge in [0.15, 0.2) is 5.03 Å². The third-order valence-corrected chi connectivity index (χ3v) is 3.61. The molecule has 5 nitrogen and oxygen atoms in total. The second-order valence-corrected chi connectivity index (χ2v) is 5.53. The molecule has 1 heterocycles. The Kier molecular flexibility index (Phi) is 3.54. The van der Waals surface area contributed by atoms with Gasteiger partial charge < -0.3 is 0 Å². The molecule has 2 aromatic rings. The second kappa shape index (κ2) is 4.81. The van der Waals surface area contributed by atoms with E-state index in [-0.39, 0.29) is 0 Å². The van der Waals surface area contributed by atoms with Crippen LogP contribution in [-0.2, 0) is 10.1 Å². The van der Waals surface area contributed by atoms with E-state index in [0.717, 1.165) is 12.4 Å². The minimum absolute atomic E-state index is 0.316. The maximum absolute atomic E-state index is 11.0. The van der Waals surface area contributed by atoms with Crippen molar-refractivity contribution in [3.05, 3.63) is 40.6 Å². The van der Waals surface area contributed by atoms with E-state index in [2.05, 4.69) is 9.97 Å². The number of aromatic nitrogens is 2. The Balaban J connectivity index is 2.55. The molecule has 0 saturated carbocycles. The SMILES string of the molecule is O=S(=O)(O)c1cc(-c2ccc(Cl)c(Cl)c2)ncn1. The molecular formula is C10H6Cl2N2O3S. The van der Waals surface area contributed by atoms with Crippen molar-refractivity contribution in [1.29, 1.82) is 0 Å². The number of hydrogen-bond acceptors (Lipinski definition) is 4. The van der Waals surface area contributed by atoms with Gasteiger partial charge in [-0.2, -0.15) is 8.42 Å². The number of rotatable bonds is 2. The molecular weight excluding hydrogens is 299 g/mol. The first-order chi connectivity index (χ1) is 8.38. The Bertz CT molecular complexity index is 704. The third-order valence-electron chi connectivity index (χ3n) is 2.12. The Labute approximate surface area is 113 Å². The van der Waals surface area contributed by atoms with Crippen molar-refractivity contribution in [3.8, 4) is 11.3 Å². The van der Waals surface area contributed by atoms with Crippen molar-refractivity contribution in [2.45, 2.75) is 5.03 Å². The van der Waals surface area contributed by atoms with E-state index in [9.17, 15) is 8.42 Å². The predicted octanol–water partition coefficient (Wildman–Crippen LogP) is 2.70. The molecule has 8 heteroatoms. The van der Waals surface area contributed by atoms with Crippen LogP contribution in [0.3, 0.4) is 0 Å². The van der Waals surface area contributed by atoms with Crippen molar-refractivity contribution >= 4 is 33.3 Å². The van der Waals surface area contributed by atoms with Crippen LogP contribution in [0.4, 0.5) is 0 Å². The Morgan fingerprint density at radius 2 is 1.78 bits per heavy atom.